The number of sulfone groups is 1. The van der Waals surface area contributed by atoms with E-state index in [4.69, 9.17) is 0 Å². The Morgan fingerprint density at radius 2 is 1.68 bits per heavy atom. The van der Waals surface area contributed by atoms with E-state index in [1.165, 1.54) is 0 Å². The fourth-order valence-corrected chi connectivity index (χ4v) is 4.61. The third-order valence-electron chi connectivity index (χ3n) is 3.80. The molecule has 0 fully saturated rings. The summed E-state index contributed by atoms with van der Waals surface area (Å²) in [5.74, 6) is 0. The van der Waals surface area contributed by atoms with E-state index in [-0.39, 0.29) is 16.5 Å². The van der Waals surface area contributed by atoms with Crippen molar-refractivity contribution in [3.05, 3.63) is 35.9 Å². The van der Waals surface area contributed by atoms with Crippen molar-refractivity contribution in [3.63, 3.8) is 0 Å². The standard InChI is InChI=1S/C15H25NO2S/c1-5-12(3)19(17,18)14(6-2)15(16-4)13-10-8-7-9-11-13/h7-12,14-16H,5-6H2,1-4H3. The van der Waals surface area contributed by atoms with Gasteiger partial charge in [-0.1, -0.05) is 44.2 Å². The Labute approximate surface area is 117 Å². The second-order valence-electron chi connectivity index (χ2n) is 4.93. The summed E-state index contributed by atoms with van der Waals surface area (Å²) < 4.78 is 25.3. The van der Waals surface area contributed by atoms with Crippen LogP contribution in [0.25, 0.3) is 0 Å². The fourth-order valence-electron chi connectivity index (χ4n) is 2.42. The van der Waals surface area contributed by atoms with Crippen LogP contribution in [0.3, 0.4) is 0 Å². The first kappa shape index (κ1) is 16.2. The van der Waals surface area contributed by atoms with Gasteiger partial charge in [0.1, 0.15) is 0 Å². The van der Waals surface area contributed by atoms with Crippen LogP contribution in [0.1, 0.15) is 45.2 Å². The number of hydrogen-bond donors (Lipinski definition) is 1. The monoisotopic (exact) mass is 283 g/mol. The van der Waals surface area contributed by atoms with Crippen molar-refractivity contribution < 1.29 is 8.42 Å². The second kappa shape index (κ2) is 7.06. The zero-order chi connectivity index (χ0) is 14.5. The molecule has 0 heterocycles. The van der Waals surface area contributed by atoms with Crippen LogP contribution >= 0.6 is 0 Å². The summed E-state index contributed by atoms with van der Waals surface area (Å²) in [5.41, 5.74) is 1.03. The molecule has 108 valence electrons. The minimum atomic E-state index is -3.12. The Bertz CT molecular complexity index is 470. The SMILES string of the molecule is CCC(C)S(=O)(=O)C(CC)C(NC)c1ccccc1. The summed E-state index contributed by atoms with van der Waals surface area (Å²) in [6.07, 6.45) is 1.27. The van der Waals surface area contributed by atoms with Gasteiger partial charge in [-0.05, 0) is 32.4 Å². The minimum absolute atomic E-state index is 0.148. The zero-order valence-corrected chi connectivity index (χ0v) is 13.1. The number of nitrogens with one attached hydrogen (secondary N) is 1. The largest absolute Gasteiger partial charge is 0.312 e. The van der Waals surface area contributed by atoms with Crippen molar-refractivity contribution in [2.75, 3.05) is 7.05 Å². The van der Waals surface area contributed by atoms with Crippen molar-refractivity contribution >= 4 is 9.84 Å². The highest BCUT2D eigenvalue weighted by atomic mass is 32.2. The summed E-state index contributed by atoms with van der Waals surface area (Å²) in [4.78, 5) is 0. The van der Waals surface area contributed by atoms with E-state index in [1.54, 1.807) is 6.92 Å². The van der Waals surface area contributed by atoms with Gasteiger partial charge in [-0.2, -0.15) is 0 Å². The Morgan fingerprint density at radius 1 is 1.11 bits per heavy atom. The van der Waals surface area contributed by atoms with E-state index in [0.29, 0.717) is 12.8 Å². The molecular formula is C15H25NO2S. The molecule has 1 N–H and O–H groups in total. The first-order valence-electron chi connectivity index (χ1n) is 6.93. The van der Waals surface area contributed by atoms with Gasteiger partial charge in [0.25, 0.3) is 0 Å². The van der Waals surface area contributed by atoms with Gasteiger partial charge in [0.2, 0.25) is 0 Å². The molecule has 19 heavy (non-hydrogen) atoms. The number of hydrogen-bond acceptors (Lipinski definition) is 3. The molecule has 1 aromatic rings. The highest BCUT2D eigenvalue weighted by molar-refractivity contribution is 7.92. The molecule has 3 atom stereocenters. The normalized spacial score (nSPS) is 16.8. The Balaban J connectivity index is 3.14. The van der Waals surface area contributed by atoms with Crippen LogP contribution in [0.5, 0.6) is 0 Å². The van der Waals surface area contributed by atoms with Gasteiger partial charge in [-0.15, -0.1) is 0 Å². The predicted molar refractivity (Wildman–Crippen MR) is 81.0 cm³/mol. The van der Waals surface area contributed by atoms with E-state index in [2.05, 4.69) is 5.32 Å². The third kappa shape index (κ3) is 3.57. The molecular weight excluding hydrogens is 258 g/mol. The smallest absolute Gasteiger partial charge is 0.157 e. The van der Waals surface area contributed by atoms with Gasteiger partial charge in [0.15, 0.2) is 9.84 Å². The maximum atomic E-state index is 12.6. The van der Waals surface area contributed by atoms with Crippen molar-refractivity contribution in [3.8, 4) is 0 Å². The average molecular weight is 283 g/mol. The molecule has 3 nitrogen and oxygen atoms in total. The first-order valence-corrected chi connectivity index (χ1v) is 8.54. The van der Waals surface area contributed by atoms with Crippen LogP contribution in [-0.4, -0.2) is 26.0 Å². The summed E-state index contributed by atoms with van der Waals surface area (Å²) in [5, 5.41) is 2.50. The quantitative estimate of drug-likeness (QED) is 0.837. The summed E-state index contributed by atoms with van der Waals surface area (Å²) in [6, 6.07) is 9.65. The fraction of sp³-hybridized carbons (Fsp3) is 0.600. The lowest BCUT2D eigenvalue weighted by molar-refractivity contribution is 0.499. The van der Waals surface area contributed by atoms with Gasteiger partial charge in [0, 0.05) is 6.04 Å². The van der Waals surface area contributed by atoms with Crippen LogP contribution in [0.15, 0.2) is 30.3 Å². The van der Waals surface area contributed by atoms with Crippen LogP contribution in [-0.2, 0) is 9.84 Å². The molecule has 0 radical (unpaired) electrons. The Kier molecular flexibility index (Phi) is 6.01. The van der Waals surface area contributed by atoms with Crippen molar-refractivity contribution in [1.82, 2.24) is 5.32 Å². The lowest BCUT2D eigenvalue weighted by atomic mass is 10.0. The molecule has 0 saturated carbocycles. The van der Waals surface area contributed by atoms with Crippen molar-refractivity contribution in [2.24, 2.45) is 0 Å². The summed E-state index contributed by atoms with van der Waals surface area (Å²) in [7, 11) is -1.30. The molecule has 1 rings (SSSR count). The van der Waals surface area contributed by atoms with E-state index >= 15 is 0 Å². The van der Waals surface area contributed by atoms with Crippen LogP contribution in [0.4, 0.5) is 0 Å². The van der Waals surface area contributed by atoms with Gasteiger partial charge < -0.3 is 5.32 Å². The summed E-state index contributed by atoms with van der Waals surface area (Å²) in [6.45, 7) is 5.67. The van der Waals surface area contributed by atoms with E-state index in [9.17, 15) is 8.42 Å². The van der Waals surface area contributed by atoms with Crippen LogP contribution < -0.4 is 5.32 Å². The van der Waals surface area contributed by atoms with Crippen molar-refractivity contribution in [1.29, 1.82) is 0 Å². The molecule has 0 aliphatic carbocycles. The van der Waals surface area contributed by atoms with Gasteiger partial charge >= 0.3 is 0 Å². The lowest BCUT2D eigenvalue weighted by Crippen LogP contribution is -2.39. The zero-order valence-electron chi connectivity index (χ0n) is 12.3. The first-order chi connectivity index (χ1) is 8.98. The van der Waals surface area contributed by atoms with Gasteiger partial charge in [-0.3, -0.25) is 0 Å². The average Bonchev–Trinajstić information content (AvgIpc) is 2.44. The van der Waals surface area contributed by atoms with E-state index < -0.39 is 9.84 Å². The molecule has 4 heteroatoms. The predicted octanol–water partition coefficient (Wildman–Crippen LogP) is 2.94. The van der Waals surface area contributed by atoms with Gasteiger partial charge in [-0.25, -0.2) is 8.42 Å². The van der Waals surface area contributed by atoms with E-state index in [0.717, 1.165) is 5.56 Å². The van der Waals surface area contributed by atoms with Crippen LogP contribution in [0.2, 0.25) is 0 Å². The minimum Gasteiger partial charge on any atom is -0.312 e. The highest BCUT2D eigenvalue weighted by Gasteiger charge is 2.35. The Morgan fingerprint density at radius 3 is 2.11 bits per heavy atom. The molecule has 1 aromatic carbocycles. The molecule has 0 aromatic heterocycles. The Hall–Kier alpha value is -0.870. The molecule has 0 aliphatic heterocycles. The molecule has 3 unspecified atom stereocenters. The highest BCUT2D eigenvalue weighted by Crippen LogP contribution is 2.27. The second-order valence-corrected chi connectivity index (χ2v) is 7.52. The molecule has 0 saturated heterocycles. The molecule has 0 aliphatic rings. The molecule has 0 spiro atoms. The third-order valence-corrected chi connectivity index (χ3v) is 6.71. The van der Waals surface area contributed by atoms with Gasteiger partial charge in [0.05, 0.1) is 10.5 Å². The number of benzene rings is 1. The van der Waals surface area contributed by atoms with Crippen molar-refractivity contribution in [2.45, 2.75) is 50.2 Å². The van der Waals surface area contributed by atoms with E-state index in [1.807, 2.05) is 51.2 Å². The maximum Gasteiger partial charge on any atom is 0.157 e. The molecule has 0 bridgehead atoms. The van der Waals surface area contributed by atoms with Crippen LogP contribution in [0, 0.1) is 0 Å². The lowest BCUT2D eigenvalue weighted by Gasteiger charge is -2.28. The topological polar surface area (TPSA) is 46.2 Å². The maximum absolute atomic E-state index is 12.6. The number of rotatable bonds is 7. The molecule has 0 amide bonds. The summed E-state index contributed by atoms with van der Waals surface area (Å²) >= 11 is 0.